The lowest BCUT2D eigenvalue weighted by Crippen LogP contribution is -2.42. The lowest BCUT2D eigenvalue weighted by molar-refractivity contribution is 0.0724. The zero-order chi connectivity index (χ0) is 16.8. The van der Waals surface area contributed by atoms with Crippen molar-refractivity contribution in [1.29, 1.82) is 0 Å². The highest BCUT2D eigenvalue weighted by Crippen LogP contribution is 2.24. The second-order valence-corrected chi connectivity index (χ2v) is 6.97. The van der Waals surface area contributed by atoms with Gasteiger partial charge in [-0.05, 0) is 62.5 Å². The van der Waals surface area contributed by atoms with E-state index in [-0.39, 0.29) is 5.91 Å². The first-order valence-corrected chi connectivity index (χ1v) is 9.55. The van der Waals surface area contributed by atoms with Gasteiger partial charge in [-0.1, -0.05) is 19.8 Å². The maximum absolute atomic E-state index is 12.7. The van der Waals surface area contributed by atoms with E-state index < -0.39 is 0 Å². The summed E-state index contributed by atoms with van der Waals surface area (Å²) in [6.07, 6.45) is 7.05. The number of rotatable bonds is 8. The van der Waals surface area contributed by atoms with E-state index in [1.807, 2.05) is 17.0 Å². The second-order valence-electron chi connectivity index (χ2n) is 6.97. The Labute approximate surface area is 145 Å². The van der Waals surface area contributed by atoms with E-state index in [2.05, 4.69) is 17.9 Å². The summed E-state index contributed by atoms with van der Waals surface area (Å²) >= 11 is 0. The van der Waals surface area contributed by atoms with Crippen LogP contribution in [0.4, 0.5) is 0 Å². The molecule has 0 unspecified atom stereocenters. The van der Waals surface area contributed by atoms with Gasteiger partial charge in [0, 0.05) is 25.2 Å². The number of benzene rings is 1. The Morgan fingerprint density at radius 2 is 1.92 bits per heavy atom. The van der Waals surface area contributed by atoms with Crippen molar-refractivity contribution in [2.24, 2.45) is 0 Å². The van der Waals surface area contributed by atoms with Crippen LogP contribution in [0.25, 0.3) is 0 Å². The lowest BCUT2D eigenvalue weighted by atomic mass is 9.98. The van der Waals surface area contributed by atoms with Crippen LogP contribution in [0.3, 0.4) is 0 Å². The predicted octanol–water partition coefficient (Wildman–Crippen LogP) is 3.35. The summed E-state index contributed by atoms with van der Waals surface area (Å²) in [5, 5.41) is 0. The Morgan fingerprint density at radius 3 is 2.71 bits per heavy atom. The van der Waals surface area contributed by atoms with Gasteiger partial charge in [0.05, 0.1) is 6.61 Å². The van der Waals surface area contributed by atoms with Crippen LogP contribution < -0.4 is 4.74 Å². The molecule has 0 bridgehead atoms. The third-order valence-electron chi connectivity index (χ3n) is 5.15. The van der Waals surface area contributed by atoms with Crippen LogP contribution in [0, 0.1) is 0 Å². The van der Waals surface area contributed by atoms with Gasteiger partial charge in [0.2, 0.25) is 0 Å². The van der Waals surface area contributed by atoms with Gasteiger partial charge in [-0.3, -0.25) is 4.79 Å². The monoisotopic (exact) mass is 330 g/mol. The van der Waals surface area contributed by atoms with Crippen molar-refractivity contribution in [1.82, 2.24) is 9.80 Å². The first-order valence-electron chi connectivity index (χ1n) is 9.55. The van der Waals surface area contributed by atoms with Crippen molar-refractivity contribution >= 4 is 5.91 Å². The number of hydrogen-bond donors (Lipinski definition) is 0. The first-order chi connectivity index (χ1) is 11.8. The smallest absolute Gasteiger partial charge is 0.254 e. The molecule has 1 aromatic rings. The molecule has 2 aliphatic heterocycles. The van der Waals surface area contributed by atoms with Crippen LogP contribution in [-0.4, -0.2) is 55.0 Å². The molecular weight excluding hydrogens is 300 g/mol. The van der Waals surface area contributed by atoms with Gasteiger partial charge in [0.25, 0.3) is 5.91 Å². The molecular formula is C20H30N2O2. The largest absolute Gasteiger partial charge is 0.494 e. The molecule has 0 radical (unpaired) electrons. The highest BCUT2D eigenvalue weighted by Gasteiger charge is 2.25. The fourth-order valence-electron chi connectivity index (χ4n) is 3.63. The number of nitrogens with zero attached hydrogens (tertiary/aromatic N) is 2. The summed E-state index contributed by atoms with van der Waals surface area (Å²) in [6, 6.07) is 5.97. The van der Waals surface area contributed by atoms with E-state index in [9.17, 15) is 4.79 Å². The average Bonchev–Trinajstić information content (AvgIpc) is 3.12. The molecule has 1 fully saturated rings. The second kappa shape index (κ2) is 8.52. The molecule has 0 N–H and O–H groups in total. The maximum Gasteiger partial charge on any atom is 0.254 e. The molecule has 1 aromatic carbocycles. The molecule has 24 heavy (non-hydrogen) atoms. The molecule has 0 spiro atoms. The number of carbonyl (C=O) groups excluding carboxylic acids is 1. The number of hydrogen-bond acceptors (Lipinski definition) is 3. The van der Waals surface area contributed by atoms with Gasteiger partial charge in [0.1, 0.15) is 5.75 Å². The number of ether oxygens (including phenoxy) is 1. The molecule has 0 saturated carbocycles. The minimum Gasteiger partial charge on any atom is -0.494 e. The van der Waals surface area contributed by atoms with Crippen LogP contribution in [0.15, 0.2) is 18.2 Å². The normalized spacial score (nSPS) is 18.0. The quantitative estimate of drug-likeness (QED) is 0.685. The summed E-state index contributed by atoms with van der Waals surface area (Å²) in [5.41, 5.74) is 2.01. The Kier molecular flexibility index (Phi) is 6.13. The maximum atomic E-state index is 12.7. The standard InChI is InChI=1S/C20H30N2O2/c1-2-3-6-15-24-18-7-8-19-17(16-18)9-12-22(20(19)23)14-13-21-10-4-5-11-21/h7-8,16H,2-6,9-15H2,1H3. The van der Waals surface area contributed by atoms with Crippen LogP contribution in [0.1, 0.15) is 54.9 Å². The minimum absolute atomic E-state index is 0.188. The molecule has 4 nitrogen and oxygen atoms in total. The van der Waals surface area contributed by atoms with Crippen LogP contribution in [0.2, 0.25) is 0 Å². The Hall–Kier alpha value is -1.55. The Balaban J connectivity index is 1.54. The lowest BCUT2D eigenvalue weighted by Gasteiger charge is -2.30. The number of fused-ring (bicyclic) bond motifs is 1. The van der Waals surface area contributed by atoms with Crippen LogP contribution in [0.5, 0.6) is 5.75 Å². The predicted molar refractivity (Wildman–Crippen MR) is 96.7 cm³/mol. The van der Waals surface area contributed by atoms with Gasteiger partial charge in [0.15, 0.2) is 0 Å². The summed E-state index contributed by atoms with van der Waals surface area (Å²) in [6.45, 7) is 8.05. The topological polar surface area (TPSA) is 32.8 Å². The molecule has 3 rings (SSSR count). The third-order valence-corrected chi connectivity index (χ3v) is 5.15. The van der Waals surface area contributed by atoms with E-state index in [0.717, 1.165) is 56.0 Å². The average molecular weight is 330 g/mol. The van der Waals surface area contributed by atoms with Crippen molar-refractivity contribution in [3.8, 4) is 5.75 Å². The van der Waals surface area contributed by atoms with Crippen molar-refractivity contribution in [3.63, 3.8) is 0 Å². The third kappa shape index (κ3) is 4.29. The first kappa shape index (κ1) is 17.3. The van der Waals surface area contributed by atoms with E-state index in [0.29, 0.717) is 0 Å². The molecule has 2 heterocycles. The number of amides is 1. The van der Waals surface area contributed by atoms with E-state index in [1.165, 1.54) is 38.8 Å². The molecule has 132 valence electrons. The van der Waals surface area contributed by atoms with Gasteiger partial charge in [-0.2, -0.15) is 0 Å². The zero-order valence-corrected chi connectivity index (χ0v) is 14.9. The summed E-state index contributed by atoms with van der Waals surface area (Å²) < 4.78 is 5.82. The summed E-state index contributed by atoms with van der Waals surface area (Å²) in [4.78, 5) is 17.2. The van der Waals surface area contributed by atoms with E-state index in [1.54, 1.807) is 0 Å². The van der Waals surface area contributed by atoms with Gasteiger partial charge in [-0.25, -0.2) is 0 Å². The minimum atomic E-state index is 0.188. The van der Waals surface area contributed by atoms with E-state index in [4.69, 9.17) is 4.74 Å². The summed E-state index contributed by atoms with van der Waals surface area (Å²) in [7, 11) is 0. The Bertz CT molecular complexity index is 553. The fraction of sp³-hybridized carbons (Fsp3) is 0.650. The molecule has 4 heteroatoms. The molecule has 0 atom stereocenters. The van der Waals surface area contributed by atoms with Gasteiger partial charge in [-0.15, -0.1) is 0 Å². The molecule has 2 aliphatic rings. The van der Waals surface area contributed by atoms with Crippen LogP contribution >= 0.6 is 0 Å². The molecule has 1 saturated heterocycles. The van der Waals surface area contributed by atoms with Crippen molar-refractivity contribution in [3.05, 3.63) is 29.3 Å². The Morgan fingerprint density at radius 1 is 1.08 bits per heavy atom. The fourth-order valence-corrected chi connectivity index (χ4v) is 3.63. The number of likely N-dealkylation sites (tertiary alicyclic amines) is 1. The van der Waals surface area contributed by atoms with Gasteiger partial charge >= 0.3 is 0 Å². The van der Waals surface area contributed by atoms with E-state index >= 15 is 0 Å². The zero-order valence-electron chi connectivity index (χ0n) is 14.9. The van der Waals surface area contributed by atoms with Gasteiger partial charge < -0.3 is 14.5 Å². The highest BCUT2D eigenvalue weighted by atomic mass is 16.5. The highest BCUT2D eigenvalue weighted by molar-refractivity contribution is 5.96. The van der Waals surface area contributed by atoms with Crippen molar-refractivity contribution < 1.29 is 9.53 Å². The van der Waals surface area contributed by atoms with Crippen molar-refractivity contribution in [2.75, 3.05) is 39.3 Å². The molecule has 0 aliphatic carbocycles. The number of carbonyl (C=O) groups is 1. The SMILES string of the molecule is CCCCCOc1ccc2c(c1)CCN(CCN1CCCC1)C2=O. The summed E-state index contributed by atoms with van der Waals surface area (Å²) in [5.74, 6) is 1.09. The molecule has 1 amide bonds. The van der Waals surface area contributed by atoms with Crippen molar-refractivity contribution in [2.45, 2.75) is 45.4 Å². The molecule has 0 aromatic heterocycles. The van der Waals surface area contributed by atoms with Crippen LogP contribution in [-0.2, 0) is 6.42 Å². The number of unbranched alkanes of at least 4 members (excludes halogenated alkanes) is 2.